The van der Waals surface area contributed by atoms with E-state index in [0.29, 0.717) is 38.9 Å². The molecule has 4 rings (SSSR count). The van der Waals surface area contributed by atoms with E-state index < -0.39 is 0 Å². The number of aromatic nitrogens is 1. The number of nitrogens with zero attached hydrogens (tertiary/aromatic N) is 1. The molecule has 0 radical (unpaired) electrons. The minimum Gasteiger partial charge on any atom is -0.488 e. The van der Waals surface area contributed by atoms with Crippen LogP contribution in [0.4, 0.5) is 0 Å². The lowest BCUT2D eigenvalue weighted by Crippen LogP contribution is -2.33. The van der Waals surface area contributed by atoms with Crippen LogP contribution in [0.2, 0.25) is 0 Å². The largest absolute Gasteiger partial charge is 0.488 e. The highest BCUT2D eigenvalue weighted by atomic mass is 16.6. The van der Waals surface area contributed by atoms with Crippen LogP contribution in [0.25, 0.3) is 11.3 Å². The fourth-order valence-corrected chi connectivity index (χ4v) is 4.07. The third-order valence-electron chi connectivity index (χ3n) is 6.00. The number of ether oxygens (including phenoxy) is 4. The number of hydrogen-bond acceptors (Lipinski definition) is 5. The SMILES string of the molecule is CCCCc1ccc(-c2nc(OC[C@@H]3COCCO3)cc(OCc3ccccc3)c2CC)cc1. The van der Waals surface area contributed by atoms with Gasteiger partial charge in [-0.15, -0.1) is 0 Å². The standard InChI is InChI=1S/C29H35NO4/c1-3-5-9-22-12-14-24(15-13-22)29-26(4-2)27(33-19-23-10-7-6-8-11-23)18-28(30-29)34-21-25-20-31-16-17-32-25/h6-8,10-15,18,25H,3-5,9,16-17,19-21H2,1-2H3/t25-/m0/s1. The molecule has 2 aromatic carbocycles. The molecule has 0 unspecified atom stereocenters. The molecule has 2 heterocycles. The van der Waals surface area contributed by atoms with Crippen LogP contribution in [0.3, 0.4) is 0 Å². The number of rotatable bonds is 11. The lowest BCUT2D eigenvalue weighted by atomic mass is 10.00. The molecule has 3 aromatic rings. The average Bonchev–Trinajstić information content (AvgIpc) is 2.90. The molecule has 1 fully saturated rings. The smallest absolute Gasteiger partial charge is 0.217 e. The Morgan fingerprint density at radius 3 is 2.47 bits per heavy atom. The van der Waals surface area contributed by atoms with Gasteiger partial charge in [0, 0.05) is 17.2 Å². The van der Waals surface area contributed by atoms with Crippen LogP contribution in [0.5, 0.6) is 11.6 Å². The zero-order valence-electron chi connectivity index (χ0n) is 20.3. The molecule has 1 saturated heterocycles. The quantitative estimate of drug-likeness (QED) is 0.349. The van der Waals surface area contributed by atoms with Crippen molar-refractivity contribution in [2.75, 3.05) is 26.4 Å². The van der Waals surface area contributed by atoms with E-state index in [0.717, 1.165) is 41.0 Å². The van der Waals surface area contributed by atoms with Gasteiger partial charge in [-0.25, -0.2) is 4.98 Å². The summed E-state index contributed by atoms with van der Waals surface area (Å²) in [5, 5.41) is 0. The van der Waals surface area contributed by atoms with Gasteiger partial charge < -0.3 is 18.9 Å². The van der Waals surface area contributed by atoms with E-state index in [1.54, 1.807) is 0 Å². The Labute approximate surface area is 203 Å². The second-order valence-corrected chi connectivity index (χ2v) is 8.59. The number of aryl methyl sites for hydroxylation is 1. The minimum absolute atomic E-state index is 0.0867. The highest BCUT2D eigenvalue weighted by Crippen LogP contribution is 2.34. The van der Waals surface area contributed by atoms with Crippen molar-refractivity contribution in [2.24, 2.45) is 0 Å². The molecule has 1 aliphatic rings. The third kappa shape index (κ3) is 6.58. The second kappa shape index (κ2) is 12.5. The molecule has 0 spiro atoms. The van der Waals surface area contributed by atoms with Crippen molar-refractivity contribution in [3.8, 4) is 22.9 Å². The first kappa shape index (κ1) is 24.2. The van der Waals surface area contributed by atoms with E-state index >= 15 is 0 Å². The summed E-state index contributed by atoms with van der Waals surface area (Å²) in [5.41, 5.74) is 5.54. The summed E-state index contributed by atoms with van der Waals surface area (Å²) in [5.74, 6) is 1.35. The topological polar surface area (TPSA) is 49.8 Å². The Bertz CT molecular complexity index is 1010. The van der Waals surface area contributed by atoms with Crippen molar-refractivity contribution < 1.29 is 18.9 Å². The van der Waals surface area contributed by atoms with Crippen LogP contribution in [0, 0.1) is 0 Å². The van der Waals surface area contributed by atoms with Crippen LogP contribution >= 0.6 is 0 Å². The van der Waals surface area contributed by atoms with Gasteiger partial charge in [0.15, 0.2) is 0 Å². The maximum Gasteiger partial charge on any atom is 0.217 e. The molecule has 1 aromatic heterocycles. The van der Waals surface area contributed by atoms with Crippen LogP contribution in [-0.4, -0.2) is 37.5 Å². The van der Waals surface area contributed by atoms with Gasteiger partial charge in [-0.05, 0) is 30.4 Å². The summed E-state index contributed by atoms with van der Waals surface area (Å²) >= 11 is 0. The summed E-state index contributed by atoms with van der Waals surface area (Å²) in [6.45, 7) is 7.01. The molecule has 0 aliphatic carbocycles. The molecule has 0 amide bonds. The van der Waals surface area contributed by atoms with Crippen molar-refractivity contribution in [2.45, 2.75) is 52.2 Å². The van der Waals surface area contributed by atoms with Crippen molar-refractivity contribution in [3.05, 3.63) is 77.4 Å². The predicted octanol–water partition coefficient (Wildman–Crippen LogP) is 6.03. The summed E-state index contributed by atoms with van der Waals surface area (Å²) in [6, 6.07) is 20.8. The van der Waals surface area contributed by atoms with Gasteiger partial charge in [0.2, 0.25) is 5.88 Å². The number of benzene rings is 2. The third-order valence-corrected chi connectivity index (χ3v) is 6.00. The maximum absolute atomic E-state index is 6.31. The van der Waals surface area contributed by atoms with Gasteiger partial charge >= 0.3 is 0 Å². The van der Waals surface area contributed by atoms with Crippen LogP contribution < -0.4 is 9.47 Å². The maximum atomic E-state index is 6.31. The highest BCUT2D eigenvalue weighted by Gasteiger charge is 2.19. The second-order valence-electron chi connectivity index (χ2n) is 8.59. The molecule has 0 saturated carbocycles. The molecule has 1 atom stereocenters. The van der Waals surface area contributed by atoms with E-state index in [1.165, 1.54) is 18.4 Å². The number of unbranched alkanes of at least 4 members (excludes halogenated alkanes) is 1. The van der Waals surface area contributed by atoms with E-state index in [4.69, 9.17) is 23.9 Å². The molecule has 1 aliphatic heterocycles. The normalized spacial score (nSPS) is 15.8. The first-order chi connectivity index (χ1) is 16.8. The van der Waals surface area contributed by atoms with Gasteiger partial charge in [0.25, 0.3) is 0 Å². The summed E-state index contributed by atoms with van der Waals surface area (Å²) in [7, 11) is 0. The lowest BCUT2D eigenvalue weighted by molar-refractivity contribution is -0.102. The summed E-state index contributed by atoms with van der Waals surface area (Å²) < 4.78 is 23.6. The van der Waals surface area contributed by atoms with E-state index in [2.05, 4.69) is 50.2 Å². The lowest BCUT2D eigenvalue weighted by Gasteiger charge is -2.23. The van der Waals surface area contributed by atoms with Crippen molar-refractivity contribution in [3.63, 3.8) is 0 Å². The van der Waals surface area contributed by atoms with E-state index in [1.807, 2.05) is 24.3 Å². The van der Waals surface area contributed by atoms with Crippen LogP contribution in [0.15, 0.2) is 60.7 Å². The van der Waals surface area contributed by atoms with Crippen molar-refractivity contribution in [1.29, 1.82) is 0 Å². The van der Waals surface area contributed by atoms with Gasteiger partial charge in [0.05, 0.1) is 25.5 Å². The Balaban J connectivity index is 1.61. The van der Waals surface area contributed by atoms with Gasteiger partial charge in [-0.2, -0.15) is 0 Å². The molecule has 34 heavy (non-hydrogen) atoms. The van der Waals surface area contributed by atoms with Gasteiger partial charge in [0.1, 0.15) is 25.1 Å². The van der Waals surface area contributed by atoms with Crippen LogP contribution in [0.1, 0.15) is 43.4 Å². The summed E-state index contributed by atoms with van der Waals surface area (Å²) in [4.78, 5) is 4.91. The molecule has 5 nitrogen and oxygen atoms in total. The first-order valence-electron chi connectivity index (χ1n) is 12.4. The van der Waals surface area contributed by atoms with Gasteiger partial charge in [-0.3, -0.25) is 0 Å². The average molecular weight is 462 g/mol. The van der Waals surface area contributed by atoms with E-state index in [9.17, 15) is 0 Å². The Morgan fingerprint density at radius 1 is 0.941 bits per heavy atom. The number of hydrogen-bond donors (Lipinski definition) is 0. The zero-order chi connectivity index (χ0) is 23.6. The number of pyridine rings is 1. The van der Waals surface area contributed by atoms with Gasteiger partial charge in [-0.1, -0.05) is 74.9 Å². The fourth-order valence-electron chi connectivity index (χ4n) is 4.07. The Morgan fingerprint density at radius 2 is 1.76 bits per heavy atom. The fraction of sp³-hybridized carbons (Fsp3) is 0.414. The highest BCUT2D eigenvalue weighted by molar-refractivity contribution is 5.67. The summed E-state index contributed by atoms with van der Waals surface area (Å²) in [6.07, 6.45) is 4.22. The molecule has 180 valence electrons. The molecular weight excluding hydrogens is 426 g/mol. The Kier molecular flexibility index (Phi) is 8.94. The predicted molar refractivity (Wildman–Crippen MR) is 134 cm³/mol. The van der Waals surface area contributed by atoms with Crippen molar-refractivity contribution in [1.82, 2.24) is 4.98 Å². The minimum atomic E-state index is -0.0867. The molecular formula is C29H35NO4. The zero-order valence-corrected chi connectivity index (χ0v) is 20.3. The first-order valence-corrected chi connectivity index (χ1v) is 12.4. The molecule has 0 bridgehead atoms. The molecule has 0 N–H and O–H groups in total. The van der Waals surface area contributed by atoms with E-state index in [-0.39, 0.29) is 6.10 Å². The van der Waals surface area contributed by atoms with Crippen LogP contribution in [-0.2, 0) is 28.9 Å². The monoisotopic (exact) mass is 461 g/mol. The molecule has 5 heteroatoms. The Hall–Kier alpha value is -2.89. The van der Waals surface area contributed by atoms with Crippen molar-refractivity contribution >= 4 is 0 Å².